The Kier molecular flexibility index (Phi) is 35.7. The van der Waals surface area contributed by atoms with E-state index in [4.69, 9.17) is 19.9 Å². The van der Waals surface area contributed by atoms with Crippen LogP contribution in [0.1, 0.15) is 181 Å². The van der Waals surface area contributed by atoms with Gasteiger partial charge in [0, 0.05) is 0 Å². The van der Waals surface area contributed by atoms with Gasteiger partial charge in [0.05, 0.1) is 19.1 Å². The van der Waals surface area contributed by atoms with E-state index < -0.39 is 12.1 Å². The topological polar surface area (TPSA) is 91.0 Å². The molecule has 3 atom stereocenters. The van der Waals surface area contributed by atoms with E-state index in [9.17, 15) is 9.67 Å². The molecule has 0 heterocycles. The standard InChI is InChI=1S/C37H72NO5P/c1-3-5-7-9-11-13-15-17-19-21-23-25-27-29-31-41-33-35(34-43-37(44-40)36(38)39)42-32-30-28-26-24-22-20-18-16-14-12-10-8-6-4-2/h29-32,35-37,39H,3-28,33-34,38H2,1-2H3. The third-order valence-corrected chi connectivity index (χ3v) is 8.80. The van der Waals surface area contributed by atoms with E-state index in [0.29, 0.717) is 6.61 Å². The van der Waals surface area contributed by atoms with E-state index in [1.165, 1.54) is 148 Å². The van der Waals surface area contributed by atoms with Crippen LogP contribution >= 0.6 is 8.46 Å². The molecule has 6 nitrogen and oxygen atoms in total. The van der Waals surface area contributed by atoms with Crippen LogP contribution in [-0.2, 0) is 18.8 Å². The van der Waals surface area contributed by atoms with E-state index in [0.717, 1.165) is 19.3 Å². The summed E-state index contributed by atoms with van der Waals surface area (Å²) in [7, 11) is -0.351. The van der Waals surface area contributed by atoms with Gasteiger partial charge in [-0.3, -0.25) is 4.57 Å². The molecule has 7 heteroatoms. The number of hydrogen-bond donors (Lipinski definition) is 2. The van der Waals surface area contributed by atoms with Gasteiger partial charge in [-0.05, 0) is 37.8 Å². The number of aliphatic hydroxyl groups is 1. The molecule has 3 N–H and O–H groups in total. The third-order valence-electron chi connectivity index (χ3n) is 8.14. The maximum Gasteiger partial charge on any atom is 0.191 e. The van der Waals surface area contributed by atoms with E-state index in [1.807, 2.05) is 6.08 Å². The van der Waals surface area contributed by atoms with E-state index in [-0.39, 0.29) is 21.2 Å². The molecular weight excluding hydrogens is 569 g/mol. The van der Waals surface area contributed by atoms with Crippen molar-refractivity contribution in [2.45, 2.75) is 199 Å². The van der Waals surface area contributed by atoms with Crippen molar-refractivity contribution in [2.24, 2.45) is 5.73 Å². The minimum atomic E-state index is -1.31. The fourth-order valence-electron chi connectivity index (χ4n) is 5.26. The fraction of sp³-hybridized carbons (Fsp3) is 0.892. The molecule has 3 unspecified atom stereocenters. The lowest BCUT2D eigenvalue weighted by Crippen LogP contribution is -2.35. The van der Waals surface area contributed by atoms with Gasteiger partial charge in [-0.2, -0.15) is 0 Å². The highest BCUT2D eigenvalue weighted by Gasteiger charge is 2.19. The van der Waals surface area contributed by atoms with Gasteiger partial charge in [0.25, 0.3) is 0 Å². The molecule has 0 aliphatic rings. The normalized spacial score (nSPS) is 14.1. The lowest BCUT2D eigenvalue weighted by molar-refractivity contribution is -0.0452. The van der Waals surface area contributed by atoms with Crippen LogP contribution in [-0.4, -0.2) is 36.5 Å². The van der Waals surface area contributed by atoms with Gasteiger partial charge < -0.3 is 25.1 Å². The Bertz CT molecular complexity index is 631. The van der Waals surface area contributed by atoms with Crippen molar-refractivity contribution in [3.63, 3.8) is 0 Å². The van der Waals surface area contributed by atoms with Crippen molar-refractivity contribution in [3.8, 4) is 0 Å². The van der Waals surface area contributed by atoms with Crippen LogP contribution in [0.5, 0.6) is 0 Å². The molecule has 0 bridgehead atoms. The second-order valence-corrected chi connectivity index (χ2v) is 13.2. The summed E-state index contributed by atoms with van der Waals surface area (Å²) < 4.78 is 28.3. The smallest absolute Gasteiger partial charge is 0.191 e. The summed E-state index contributed by atoms with van der Waals surface area (Å²) in [6.45, 7) is 4.98. The number of nitrogens with two attached hydrogens (primary N) is 1. The SMILES string of the molecule is CCCCCCCCCCCCCCC=COCC(COC(P=O)C(N)O)OC=CCCCCCCCCCCCCCC. The van der Waals surface area contributed by atoms with Crippen LogP contribution in [0, 0.1) is 0 Å². The zero-order valence-electron chi connectivity index (χ0n) is 28.9. The highest BCUT2D eigenvalue weighted by atomic mass is 31.1. The zero-order valence-corrected chi connectivity index (χ0v) is 29.8. The number of hydrogen-bond acceptors (Lipinski definition) is 6. The summed E-state index contributed by atoms with van der Waals surface area (Å²) in [6, 6.07) is 0. The molecule has 0 fully saturated rings. The van der Waals surface area contributed by atoms with Crippen LogP contribution in [0.15, 0.2) is 24.7 Å². The number of ether oxygens (including phenoxy) is 3. The lowest BCUT2D eigenvalue weighted by atomic mass is 10.0. The molecule has 0 aromatic heterocycles. The average Bonchev–Trinajstić information content (AvgIpc) is 3.02. The van der Waals surface area contributed by atoms with E-state index in [1.54, 1.807) is 12.5 Å². The van der Waals surface area contributed by atoms with Crippen LogP contribution in [0.2, 0.25) is 0 Å². The van der Waals surface area contributed by atoms with Crippen LogP contribution in [0.4, 0.5) is 0 Å². The molecule has 0 aliphatic heterocycles. The number of unbranched alkanes of at least 4 members (excludes halogenated alkanes) is 24. The summed E-state index contributed by atoms with van der Waals surface area (Å²) in [5, 5.41) is 9.52. The zero-order chi connectivity index (χ0) is 32.2. The minimum Gasteiger partial charge on any atom is -0.498 e. The Morgan fingerprint density at radius 2 is 0.977 bits per heavy atom. The fourth-order valence-corrected chi connectivity index (χ4v) is 5.54. The summed E-state index contributed by atoms with van der Waals surface area (Å²) >= 11 is 0. The first-order valence-corrected chi connectivity index (χ1v) is 19.5. The highest BCUT2D eigenvalue weighted by molar-refractivity contribution is 7.24. The van der Waals surface area contributed by atoms with Crippen molar-refractivity contribution in [2.75, 3.05) is 13.2 Å². The van der Waals surface area contributed by atoms with Gasteiger partial charge in [-0.15, -0.1) is 0 Å². The molecule has 0 amide bonds. The quantitative estimate of drug-likeness (QED) is 0.0306. The molecule has 0 aromatic rings. The first-order chi connectivity index (χ1) is 21.7. The van der Waals surface area contributed by atoms with Gasteiger partial charge in [-0.25, -0.2) is 0 Å². The molecule has 260 valence electrons. The van der Waals surface area contributed by atoms with Crippen molar-refractivity contribution >= 4 is 8.46 Å². The molecule has 0 aliphatic carbocycles. The van der Waals surface area contributed by atoms with Crippen LogP contribution < -0.4 is 5.73 Å². The molecule has 0 spiro atoms. The monoisotopic (exact) mass is 642 g/mol. The Balaban J connectivity index is 3.98. The summed E-state index contributed by atoms with van der Waals surface area (Å²) in [5.41, 5.74) is 5.44. The van der Waals surface area contributed by atoms with Crippen LogP contribution in [0.25, 0.3) is 0 Å². The average molecular weight is 642 g/mol. The molecule has 0 saturated heterocycles. The number of rotatable bonds is 36. The summed E-state index contributed by atoms with van der Waals surface area (Å²) in [4.78, 5) is 0. The molecule has 0 radical (unpaired) electrons. The first-order valence-electron chi connectivity index (χ1n) is 18.6. The highest BCUT2D eigenvalue weighted by Crippen LogP contribution is 2.15. The number of allylic oxidation sites excluding steroid dienone is 2. The Hall–Kier alpha value is -0.940. The van der Waals surface area contributed by atoms with Gasteiger partial charge in [0.2, 0.25) is 0 Å². The van der Waals surface area contributed by atoms with Crippen LogP contribution in [0.3, 0.4) is 0 Å². The molecular formula is C37H72NO5P. The maximum atomic E-state index is 11.2. The van der Waals surface area contributed by atoms with Crippen molar-refractivity contribution in [3.05, 3.63) is 24.7 Å². The van der Waals surface area contributed by atoms with Gasteiger partial charge in [0.15, 0.2) is 20.4 Å². The Labute approximate surface area is 274 Å². The third kappa shape index (κ3) is 32.5. The molecule has 44 heavy (non-hydrogen) atoms. The Morgan fingerprint density at radius 1 is 0.591 bits per heavy atom. The maximum absolute atomic E-state index is 11.2. The van der Waals surface area contributed by atoms with Gasteiger partial charge in [-0.1, -0.05) is 155 Å². The first kappa shape index (κ1) is 43.1. The largest absolute Gasteiger partial charge is 0.498 e. The molecule has 0 rings (SSSR count). The number of aliphatic hydroxyl groups excluding tert-OH is 1. The summed E-state index contributed by atoms with van der Waals surface area (Å²) in [5.74, 6) is -0.979. The van der Waals surface area contributed by atoms with Crippen molar-refractivity contribution in [1.82, 2.24) is 0 Å². The summed E-state index contributed by atoms with van der Waals surface area (Å²) in [6.07, 6.45) is 40.2. The second kappa shape index (κ2) is 36.5. The van der Waals surface area contributed by atoms with Gasteiger partial charge in [0.1, 0.15) is 12.8 Å². The van der Waals surface area contributed by atoms with Gasteiger partial charge >= 0.3 is 0 Å². The molecule has 0 saturated carbocycles. The minimum absolute atomic E-state index is 0.129. The van der Waals surface area contributed by atoms with Crippen molar-refractivity contribution in [1.29, 1.82) is 0 Å². The lowest BCUT2D eigenvalue weighted by Gasteiger charge is -2.19. The predicted octanol–water partition coefficient (Wildman–Crippen LogP) is 11.5. The second-order valence-electron chi connectivity index (χ2n) is 12.5. The van der Waals surface area contributed by atoms with E-state index >= 15 is 0 Å². The van der Waals surface area contributed by atoms with E-state index in [2.05, 4.69) is 19.9 Å². The molecule has 0 aromatic carbocycles. The predicted molar refractivity (Wildman–Crippen MR) is 188 cm³/mol. The Morgan fingerprint density at radius 3 is 1.36 bits per heavy atom. The van der Waals surface area contributed by atoms with Crippen molar-refractivity contribution < 1.29 is 23.9 Å².